The lowest BCUT2D eigenvalue weighted by Crippen LogP contribution is -2.23. The van der Waals surface area contributed by atoms with E-state index in [1.807, 2.05) is 24.4 Å². The van der Waals surface area contributed by atoms with Gasteiger partial charge >= 0.3 is 0 Å². The maximum absolute atomic E-state index is 11.1. The molecule has 24 heavy (non-hydrogen) atoms. The summed E-state index contributed by atoms with van der Waals surface area (Å²) in [4.78, 5) is 18.1. The van der Waals surface area contributed by atoms with Gasteiger partial charge in [0.25, 0.3) is 0 Å². The van der Waals surface area contributed by atoms with Crippen LogP contribution in [0.25, 0.3) is 0 Å². The summed E-state index contributed by atoms with van der Waals surface area (Å²) in [5.41, 5.74) is 2.34. The van der Waals surface area contributed by atoms with Crippen molar-refractivity contribution < 1.29 is 9.53 Å². The molecular formula is C18H23N3O2S. The van der Waals surface area contributed by atoms with Crippen LogP contribution in [0.3, 0.4) is 0 Å². The summed E-state index contributed by atoms with van der Waals surface area (Å²) in [6.07, 6.45) is 2.36. The van der Waals surface area contributed by atoms with Gasteiger partial charge in [0.1, 0.15) is 5.75 Å². The van der Waals surface area contributed by atoms with Gasteiger partial charge in [-0.15, -0.1) is 11.3 Å². The molecule has 1 aliphatic rings. The van der Waals surface area contributed by atoms with Crippen LogP contribution in [0.1, 0.15) is 44.0 Å². The Kier molecular flexibility index (Phi) is 5.48. The third kappa shape index (κ3) is 4.13. The fourth-order valence-electron chi connectivity index (χ4n) is 3.14. The van der Waals surface area contributed by atoms with Crippen molar-refractivity contribution in [2.45, 2.75) is 39.3 Å². The summed E-state index contributed by atoms with van der Waals surface area (Å²) in [5, 5.41) is 5.45. The lowest BCUT2D eigenvalue weighted by molar-refractivity contribution is -0.114. The molecular weight excluding hydrogens is 322 g/mol. The number of hydrogen-bond acceptors (Lipinski definition) is 5. The maximum atomic E-state index is 11.1. The summed E-state index contributed by atoms with van der Waals surface area (Å²) in [6.45, 7) is 6.08. The summed E-state index contributed by atoms with van der Waals surface area (Å²) < 4.78 is 5.52. The molecule has 0 bridgehead atoms. The zero-order valence-electron chi connectivity index (χ0n) is 14.1. The highest BCUT2D eigenvalue weighted by Gasteiger charge is 2.26. The molecule has 6 heteroatoms. The highest BCUT2D eigenvalue weighted by molar-refractivity contribution is 7.13. The molecule has 2 heterocycles. The Bertz CT molecular complexity index is 684. The van der Waals surface area contributed by atoms with Crippen LogP contribution in [-0.2, 0) is 11.3 Å². The molecule has 3 rings (SSSR count). The fraction of sp³-hybridized carbons (Fsp3) is 0.444. The van der Waals surface area contributed by atoms with Gasteiger partial charge in [-0.1, -0.05) is 12.1 Å². The zero-order valence-corrected chi connectivity index (χ0v) is 14.9. The van der Waals surface area contributed by atoms with Gasteiger partial charge in [-0.05, 0) is 44.0 Å². The number of carbonyl (C=O) groups is 1. The van der Waals surface area contributed by atoms with E-state index in [9.17, 15) is 4.79 Å². The van der Waals surface area contributed by atoms with Crippen LogP contribution in [0.5, 0.6) is 5.75 Å². The van der Waals surface area contributed by atoms with Gasteiger partial charge in [0.15, 0.2) is 5.13 Å². The molecule has 1 aromatic carbocycles. The number of thiazole rings is 1. The van der Waals surface area contributed by atoms with Crippen molar-refractivity contribution in [2.75, 3.05) is 18.5 Å². The molecule has 1 amide bonds. The quantitative estimate of drug-likeness (QED) is 0.864. The average molecular weight is 345 g/mol. The summed E-state index contributed by atoms with van der Waals surface area (Å²) in [5.74, 6) is 0.842. The molecule has 0 radical (unpaired) electrons. The van der Waals surface area contributed by atoms with Crippen LogP contribution in [0, 0.1) is 0 Å². The van der Waals surface area contributed by atoms with E-state index >= 15 is 0 Å². The smallest absolute Gasteiger partial charge is 0.223 e. The van der Waals surface area contributed by atoms with Gasteiger partial charge < -0.3 is 10.1 Å². The van der Waals surface area contributed by atoms with E-state index in [1.165, 1.54) is 30.2 Å². The summed E-state index contributed by atoms with van der Waals surface area (Å²) in [6, 6.07) is 8.85. The Morgan fingerprint density at radius 3 is 2.92 bits per heavy atom. The first kappa shape index (κ1) is 16.9. The van der Waals surface area contributed by atoms with E-state index in [4.69, 9.17) is 4.74 Å². The molecule has 1 aliphatic heterocycles. The maximum Gasteiger partial charge on any atom is 0.223 e. The first-order valence-corrected chi connectivity index (χ1v) is 9.22. The SMILES string of the molecule is CCOc1ccc(C2CCCN2Cc2csc(NC(C)=O)n2)cc1. The Hall–Kier alpha value is -1.92. The highest BCUT2D eigenvalue weighted by Crippen LogP contribution is 2.34. The molecule has 1 saturated heterocycles. The molecule has 1 N–H and O–H groups in total. The van der Waals surface area contributed by atoms with Crippen LogP contribution in [-0.4, -0.2) is 28.9 Å². The number of benzene rings is 1. The number of carbonyl (C=O) groups excluding carboxylic acids is 1. The number of rotatable bonds is 6. The normalized spacial score (nSPS) is 17.8. The van der Waals surface area contributed by atoms with E-state index < -0.39 is 0 Å². The van der Waals surface area contributed by atoms with E-state index in [2.05, 4.69) is 27.3 Å². The van der Waals surface area contributed by atoms with Crippen molar-refractivity contribution in [3.63, 3.8) is 0 Å². The minimum atomic E-state index is -0.0793. The minimum absolute atomic E-state index is 0.0793. The third-order valence-electron chi connectivity index (χ3n) is 4.14. The highest BCUT2D eigenvalue weighted by atomic mass is 32.1. The largest absolute Gasteiger partial charge is 0.494 e. The predicted molar refractivity (Wildman–Crippen MR) is 96.4 cm³/mol. The number of ether oxygens (including phenoxy) is 1. The molecule has 1 atom stereocenters. The van der Waals surface area contributed by atoms with Crippen molar-refractivity contribution in [2.24, 2.45) is 0 Å². The van der Waals surface area contributed by atoms with Crippen LogP contribution >= 0.6 is 11.3 Å². The molecule has 0 saturated carbocycles. The van der Waals surface area contributed by atoms with Crippen LogP contribution in [0.15, 0.2) is 29.6 Å². The van der Waals surface area contributed by atoms with Crippen LogP contribution < -0.4 is 10.1 Å². The topological polar surface area (TPSA) is 54.5 Å². The summed E-state index contributed by atoms with van der Waals surface area (Å²) in [7, 11) is 0. The summed E-state index contributed by atoms with van der Waals surface area (Å²) >= 11 is 1.48. The van der Waals surface area contributed by atoms with Gasteiger partial charge in [0.2, 0.25) is 5.91 Å². The van der Waals surface area contributed by atoms with Crippen LogP contribution in [0.4, 0.5) is 5.13 Å². The van der Waals surface area contributed by atoms with Crippen molar-refractivity contribution in [1.82, 2.24) is 9.88 Å². The van der Waals surface area contributed by atoms with E-state index in [-0.39, 0.29) is 5.91 Å². The van der Waals surface area contributed by atoms with Crippen molar-refractivity contribution in [3.05, 3.63) is 40.9 Å². The lowest BCUT2D eigenvalue weighted by Gasteiger charge is -2.24. The Labute approximate surface area is 146 Å². The second-order valence-electron chi connectivity index (χ2n) is 5.96. The van der Waals surface area contributed by atoms with Gasteiger partial charge in [-0.25, -0.2) is 4.98 Å². The number of anilines is 1. The second kappa shape index (κ2) is 7.77. The van der Waals surface area contributed by atoms with E-state index in [0.29, 0.717) is 17.8 Å². The standard InChI is InChI=1S/C18H23N3O2S/c1-3-23-16-8-6-14(7-9-16)17-5-4-10-21(17)11-15-12-24-18(20-15)19-13(2)22/h6-9,12,17H,3-5,10-11H2,1-2H3,(H,19,20,22). The first-order valence-electron chi connectivity index (χ1n) is 8.34. The molecule has 1 fully saturated rings. The minimum Gasteiger partial charge on any atom is -0.494 e. The predicted octanol–water partition coefficient (Wildman–Crippen LogP) is 3.84. The number of hydrogen-bond donors (Lipinski definition) is 1. The Morgan fingerprint density at radius 2 is 2.21 bits per heavy atom. The molecule has 5 nitrogen and oxygen atoms in total. The molecule has 0 spiro atoms. The van der Waals surface area contributed by atoms with Crippen molar-refractivity contribution >= 4 is 22.4 Å². The number of amides is 1. The first-order chi connectivity index (χ1) is 11.7. The number of nitrogens with one attached hydrogen (secondary N) is 1. The van der Waals surface area contributed by atoms with Crippen molar-refractivity contribution in [3.8, 4) is 5.75 Å². The average Bonchev–Trinajstić information content (AvgIpc) is 3.18. The molecule has 0 aliphatic carbocycles. The molecule has 2 aromatic rings. The number of likely N-dealkylation sites (tertiary alicyclic amines) is 1. The van der Waals surface area contributed by atoms with Gasteiger partial charge in [-0.2, -0.15) is 0 Å². The Morgan fingerprint density at radius 1 is 1.42 bits per heavy atom. The van der Waals surface area contributed by atoms with Crippen LogP contribution in [0.2, 0.25) is 0 Å². The van der Waals surface area contributed by atoms with Gasteiger partial charge in [-0.3, -0.25) is 9.69 Å². The molecule has 128 valence electrons. The number of aromatic nitrogens is 1. The number of nitrogens with zero attached hydrogens (tertiary/aromatic N) is 2. The van der Waals surface area contributed by atoms with Gasteiger partial charge in [0.05, 0.1) is 12.3 Å². The van der Waals surface area contributed by atoms with Gasteiger partial charge in [0, 0.05) is 24.9 Å². The van der Waals surface area contributed by atoms with E-state index in [1.54, 1.807) is 0 Å². The fourth-order valence-corrected chi connectivity index (χ4v) is 3.89. The Balaban J connectivity index is 1.66. The molecule has 1 aromatic heterocycles. The lowest BCUT2D eigenvalue weighted by atomic mass is 10.0. The van der Waals surface area contributed by atoms with Crippen molar-refractivity contribution in [1.29, 1.82) is 0 Å². The van der Waals surface area contributed by atoms with E-state index in [0.717, 1.165) is 31.0 Å². The molecule has 1 unspecified atom stereocenters. The second-order valence-corrected chi connectivity index (χ2v) is 6.81. The zero-order chi connectivity index (χ0) is 16.9. The monoisotopic (exact) mass is 345 g/mol. The third-order valence-corrected chi connectivity index (χ3v) is 4.95.